The maximum atomic E-state index is 10.7. The highest BCUT2D eigenvalue weighted by Crippen LogP contribution is 2.20. The van der Waals surface area contributed by atoms with E-state index in [1.54, 1.807) is 6.07 Å². The maximum Gasteiger partial charge on any atom is 0.269 e. The van der Waals surface area contributed by atoms with E-state index in [1.807, 2.05) is 25.8 Å². The Kier molecular flexibility index (Phi) is 5.72. The quantitative estimate of drug-likeness (QED) is 0.464. The Hall–Kier alpha value is -1.66. The van der Waals surface area contributed by atoms with Gasteiger partial charge in [-0.15, -0.1) is 0 Å². The van der Waals surface area contributed by atoms with Crippen molar-refractivity contribution >= 4 is 11.4 Å². The zero-order chi connectivity index (χ0) is 14.4. The zero-order valence-electron chi connectivity index (χ0n) is 11.6. The van der Waals surface area contributed by atoms with Crippen molar-refractivity contribution in [3.63, 3.8) is 0 Å². The van der Waals surface area contributed by atoms with Crippen LogP contribution in [0.3, 0.4) is 0 Å². The minimum Gasteiger partial charge on any atom is -0.398 e. The number of nitrogens with two attached hydrogens (primary N) is 1. The van der Waals surface area contributed by atoms with Gasteiger partial charge in [-0.1, -0.05) is 0 Å². The summed E-state index contributed by atoms with van der Waals surface area (Å²) >= 11 is 0. The Morgan fingerprint density at radius 3 is 2.74 bits per heavy atom. The van der Waals surface area contributed by atoms with E-state index in [-0.39, 0.29) is 11.8 Å². The van der Waals surface area contributed by atoms with E-state index in [2.05, 4.69) is 0 Å². The summed E-state index contributed by atoms with van der Waals surface area (Å²) in [5.41, 5.74) is 7.24. The molecule has 0 aliphatic rings. The van der Waals surface area contributed by atoms with Gasteiger partial charge in [0.05, 0.1) is 17.6 Å². The number of anilines is 1. The normalized spacial score (nSPS) is 11.2. The second-order valence-corrected chi connectivity index (χ2v) is 4.80. The van der Waals surface area contributed by atoms with Gasteiger partial charge in [-0.05, 0) is 32.5 Å². The number of benzene rings is 1. The highest BCUT2D eigenvalue weighted by Gasteiger charge is 2.11. The summed E-state index contributed by atoms with van der Waals surface area (Å²) in [6.07, 6.45) is 0.205. The molecule has 106 valence electrons. The minimum absolute atomic E-state index is 0.0658. The van der Waals surface area contributed by atoms with E-state index in [1.165, 1.54) is 12.1 Å². The SMILES string of the molecule is CC(C)OCCN(C)Cc1cc([N+](=O)[O-])ccc1N. The van der Waals surface area contributed by atoms with E-state index in [0.29, 0.717) is 18.8 Å². The number of non-ortho nitro benzene ring substituents is 1. The largest absolute Gasteiger partial charge is 0.398 e. The van der Waals surface area contributed by atoms with Crippen molar-refractivity contribution in [3.05, 3.63) is 33.9 Å². The molecule has 0 unspecified atom stereocenters. The van der Waals surface area contributed by atoms with Gasteiger partial charge in [0.1, 0.15) is 0 Å². The smallest absolute Gasteiger partial charge is 0.269 e. The molecule has 0 saturated heterocycles. The highest BCUT2D eigenvalue weighted by molar-refractivity contribution is 5.52. The average molecular weight is 267 g/mol. The predicted molar refractivity (Wildman–Crippen MR) is 74.9 cm³/mol. The Balaban J connectivity index is 2.60. The molecule has 19 heavy (non-hydrogen) atoms. The molecule has 0 aromatic heterocycles. The lowest BCUT2D eigenvalue weighted by Gasteiger charge is -2.18. The molecule has 1 rings (SSSR count). The molecule has 0 aliphatic heterocycles. The molecule has 0 saturated carbocycles. The molecular formula is C13H21N3O3. The molecular weight excluding hydrogens is 246 g/mol. The van der Waals surface area contributed by atoms with Crippen LogP contribution in [0.25, 0.3) is 0 Å². The molecule has 0 amide bonds. The first-order valence-corrected chi connectivity index (χ1v) is 6.23. The van der Waals surface area contributed by atoms with E-state index >= 15 is 0 Å². The topological polar surface area (TPSA) is 81.6 Å². The van der Waals surface area contributed by atoms with Gasteiger partial charge in [-0.25, -0.2) is 0 Å². The number of rotatable bonds is 7. The van der Waals surface area contributed by atoms with Crippen LogP contribution in [-0.2, 0) is 11.3 Å². The molecule has 1 aromatic rings. The van der Waals surface area contributed by atoms with E-state index in [9.17, 15) is 10.1 Å². The van der Waals surface area contributed by atoms with Crippen molar-refractivity contribution in [2.75, 3.05) is 25.9 Å². The summed E-state index contributed by atoms with van der Waals surface area (Å²) in [4.78, 5) is 12.3. The van der Waals surface area contributed by atoms with Crippen LogP contribution in [0, 0.1) is 10.1 Å². The number of nitrogens with zero attached hydrogens (tertiary/aromatic N) is 2. The van der Waals surface area contributed by atoms with Crippen LogP contribution in [0.2, 0.25) is 0 Å². The Morgan fingerprint density at radius 1 is 1.47 bits per heavy atom. The predicted octanol–water partition coefficient (Wildman–Crippen LogP) is 2.03. The molecule has 0 fully saturated rings. The van der Waals surface area contributed by atoms with Gasteiger partial charge in [-0.3, -0.25) is 15.0 Å². The van der Waals surface area contributed by atoms with Gasteiger partial charge in [0.15, 0.2) is 0 Å². The summed E-state index contributed by atoms with van der Waals surface area (Å²) < 4.78 is 5.46. The number of hydrogen-bond donors (Lipinski definition) is 1. The molecule has 6 nitrogen and oxygen atoms in total. The molecule has 0 radical (unpaired) electrons. The number of nitro benzene ring substituents is 1. The van der Waals surface area contributed by atoms with Gasteiger partial charge in [-0.2, -0.15) is 0 Å². The fourth-order valence-corrected chi connectivity index (χ4v) is 1.66. The third kappa shape index (κ3) is 5.23. The number of ether oxygens (including phenoxy) is 1. The van der Waals surface area contributed by atoms with Gasteiger partial charge in [0, 0.05) is 30.9 Å². The van der Waals surface area contributed by atoms with Crippen molar-refractivity contribution in [2.45, 2.75) is 26.5 Å². The van der Waals surface area contributed by atoms with Crippen molar-refractivity contribution in [1.82, 2.24) is 4.90 Å². The molecule has 0 bridgehead atoms. The summed E-state index contributed by atoms with van der Waals surface area (Å²) in [5.74, 6) is 0. The number of nitro groups is 1. The zero-order valence-corrected chi connectivity index (χ0v) is 11.6. The summed E-state index contributed by atoms with van der Waals surface area (Å²) in [7, 11) is 1.93. The van der Waals surface area contributed by atoms with Gasteiger partial charge in [0.25, 0.3) is 5.69 Å². The van der Waals surface area contributed by atoms with E-state index in [0.717, 1.165) is 12.1 Å². The lowest BCUT2D eigenvalue weighted by molar-refractivity contribution is -0.384. The highest BCUT2D eigenvalue weighted by atomic mass is 16.6. The van der Waals surface area contributed by atoms with Crippen LogP contribution in [0.1, 0.15) is 19.4 Å². The van der Waals surface area contributed by atoms with Crippen LogP contribution in [-0.4, -0.2) is 36.1 Å². The van der Waals surface area contributed by atoms with Crippen LogP contribution >= 0.6 is 0 Å². The summed E-state index contributed by atoms with van der Waals surface area (Å²) in [6.45, 7) is 5.91. The van der Waals surface area contributed by atoms with Gasteiger partial charge >= 0.3 is 0 Å². The molecule has 0 atom stereocenters. The first-order chi connectivity index (χ1) is 8.90. The van der Waals surface area contributed by atoms with Crippen LogP contribution < -0.4 is 5.73 Å². The number of hydrogen-bond acceptors (Lipinski definition) is 5. The maximum absolute atomic E-state index is 10.7. The minimum atomic E-state index is -0.412. The molecule has 0 heterocycles. The Morgan fingerprint density at radius 2 is 2.16 bits per heavy atom. The van der Waals surface area contributed by atoms with E-state index < -0.39 is 4.92 Å². The third-order valence-corrected chi connectivity index (χ3v) is 2.70. The van der Waals surface area contributed by atoms with Crippen molar-refractivity contribution < 1.29 is 9.66 Å². The fourth-order valence-electron chi connectivity index (χ4n) is 1.66. The van der Waals surface area contributed by atoms with E-state index in [4.69, 9.17) is 10.5 Å². The lowest BCUT2D eigenvalue weighted by Crippen LogP contribution is -2.24. The molecule has 2 N–H and O–H groups in total. The molecule has 0 spiro atoms. The molecule has 1 aromatic carbocycles. The number of likely N-dealkylation sites (N-methyl/N-ethyl adjacent to an activating group) is 1. The van der Waals surface area contributed by atoms with Crippen molar-refractivity contribution in [1.29, 1.82) is 0 Å². The average Bonchev–Trinajstić information content (AvgIpc) is 2.31. The fraction of sp³-hybridized carbons (Fsp3) is 0.538. The van der Waals surface area contributed by atoms with Gasteiger partial charge < -0.3 is 10.5 Å². The monoisotopic (exact) mass is 267 g/mol. The van der Waals surface area contributed by atoms with Gasteiger partial charge in [0.2, 0.25) is 0 Å². The van der Waals surface area contributed by atoms with Crippen LogP contribution in [0.4, 0.5) is 11.4 Å². The first-order valence-electron chi connectivity index (χ1n) is 6.23. The van der Waals surface area contributed by atoms with Crippen LogP contribution in [0.15, 0.2) is 18.2 Å². The Bertz CT molecular complexity index is 435. The van der Waals surface area contributed by atoms with Crippen LogP contribution in [0.5, 0.6) is 0 Å². The second-order valence-electron chi connectivity index (χ2n) is 4.80. The number of nitrogen functional groups attached to an aromatic ring is 1. The summed E-state index contributed by atoms with van der Waals surface area (Å²) in [6, 6.07) is 4.52. The summed E-state index contributed by atoms with van der Waals surface area (Å²) in [5, 5.41) is 10.7. The standard InChI is InChI=1S/C13H21N3O3/c1-10(2)19-7-6-15(3)9-11-8-12(16(17)18)4-5-13(11)14/h4-5,8,10H,6-7,9,14H2,1-3H3. The first kappa shape index (κ1) is 15.4. The van der Waals surface area contributed by atoms with Crippen molar-refractivity contribution in [3.8, 4) is 0 Å². The molecule has 0 aliphatic carbocycles. The molecule has 6 heteroatoms. The third-order valence-electron chi connectivity index (χ3n) is 2.70. The van der Waals surface area contributed by atoms with Crippen molar-refractivity contribution in [2.24, 2.45) is 0 Å². The Labute approximate surface area is 113 Å². The lowest BCUT2D eigenvalue weighted by atomic mass is 10.1. The second kappa shape index (κ2) is 7.06.